The van der Waals surface area contributed by atoms with Gasteiger partial charge in [-0.25, -0.2) is 0 Å². The zero-order valence-corrected chi connectivity index (χ0v) is 11.4. The van der Waals surface area contributed by atoms with E-state index in [1.165, 1.54) is 9.13 Å². The second kappa shape index (κ2) is 6.37. The lowest BCUT2D eigenvalue weighted by Crippen LogP contribution is -2.11. The molecule has 1 unspecified atom stereocenters. The molecule has 0 aliphatic heterocycles. The highest BCUT2D eigenvalue weighted by molar-refractivity contribution is 14.1. The number of hydrogen-bond donors (Lipinski definition) is 1. The van der Waals surface area contributed by atoms with E-state index in [4.69, 9.17) is 5.11 Å². The maximum Gasteiger partial charge on any atom is 0.307 e. The number of carbonyl (C=O) groups is 1. The molecule has 0 spiro atoms. The molecular formula is C11H13IO2S. The summed E-state index contributed by atoms with van der Waals surface area (Å²) < 4.78 is 1.22. The van der Waals surface area contributed by atoms with Crippen LogP contribution >= 0.6 is 34.4 Å². The lowest BCUT2D eigenvalue weighted by molar-refractivity contribution is -0.140. The Bertz CT molecular complexity index is 341. The highest BCUT2D eigenvalue weighted by Crippen LogP contribution is 2.17. The fraction of sp³-hybridized carbons (Fsp3) is 0.364. The minimum absolute atomic E-state index is 0.266. The second-order valence-corrected chi connectivity index (χ2v) is 5.66. The summed E-state index contributed by atoms with van der Waals surface area (Å²) in [5.41, 5.74) is 1.25. The van der Waals surface area contributed by atoms with Crippen molar-refractivity contribution in [2.75, 3.05) is 5.75 Å². The summed E-state index contributed by atoms with van der Waals surface area (Å²) in [5, 5.41) is 8.71. The molecule has 1 aromatic carbocycles. The fourth-order valence-electron chi connectivity index (χ4n) is 1.05. The molecule has 0 heterocycles. The van der Waals surface area contributed by atoms with Gasteiger partial charge in [0, 0.05) is 15.1 Å². The van der Waals surface area contributed by atoms with Crippen molar-refractivity contribution in [3.05, 3.63) is 33.4 Å². The van der Waals surface area contributed by atoms with Crippen LogP contribution in [-0.4, -0.2) is 16.8 Å². The molecule has 0 aliphatic rings. The summed E-state index contributed by atoms with van der Waals surface area (Å²) in [4.78, 5) is 10.6. The van der Waals surface area contributed by atoms with E-state index in [1.807, 2.05) is 6.07 Å². The van der Waals surface area contributed by atoms with Gasteiger partial charge in [0.15, 0.2) is 0 Å². The van der Waals surface area contributed by atoms with Gasteiger partial charge in [0.05, 0.1) is 5.92 Å². The van der Waals surface area contributed by atoms with Gasteiger partial charge < -0.3 is 5.11 Å². The van der Waals surface area contributed by atoms with Gasteiger partial charge in [-0.3, -0.25) is 4.79 Å². The first-order valence-corrected chi connectivity index (χ1v) is 6.88. The molecule has 2 nitrogen and oxygen atoms in total. The number of thioether (sulfide) groups is 1. The van der Waals surface area contributed by atoms with E-state index in [1.54, 1.807) is 18.7 Å². The first-order chi connectivity index (χ1) is 7.09. The summed E-state index contributed by atoms with van der Waals surface area (Å²) in [5.74, 6) is 0.567. The molecule has 4 heteroatoms. The number of hydrogen-bond acceptors (Lipinski definition) is 2. The minimum Gasteiger partial charge on any atom is -0.481 e. The number of benzene rings is 1. The summed E-state index contributed by atoms with van der Waals surface area (Å²) in [6.45, 7) is 1.74. The Balaban J connectivity index is 2.35. The highest BCUT2D eigenvalue weighted by atomic mass is 127. The van der Waals surface area contributed by atoms with Crippen molar-refractivity contribution in [3.8, 4) is 0 Å². The molecule has 1 aromatic rings. The predicted octanol–water partition coefficient (Wildman–Crippen LogP) is 3.25. The van der Waals surface area contributed by atoms with Crippen LogP contribution < -0.4 is 0 Å². The topological polar surface area (TPSA) is 37.3 Å². The van der Waals surface area contributed by atoms with E-state index >= 15 is 0 Å². The molecule has 0 aromatic heterocycles. The van der Waals surface area contributed by atoms with E-state index in [-0.39, 0.29) is 5.92 Å². The highest BCUT2D eigenvalue weighted by Gasteiger charge is 2.10. The summed E-state index contributed by atoms with van der Waals surface area (Å²) >= 11 is 3.95. The van der Waals surface area contributed by atoms with E-state index in [0.29, 0.717) is 5.75 Å². The van der Waals surface area contributed by atoms with Gasteiger partial charge in [0.25, 0.3) is 0 Å². The van der Waals surface area contributed by atoms with Gasteiger partial charge >= 0.3 is 5.97 Å². The maximum atomic E-state index is 10.6. The van der Waals surface area contributed by atoms with Crippen LogP contribution in [0.3, 0.4) is 0 Å². The number of halogens is 1. The smallest absolute Gasteiger partial charge is 0.307 e. The first-order valence-electron chi connectivity index (χ1n) is 4.64. The normalized spacial score (nSPS) is 12.4. The van der Waals surface area contributed by atoms with Crippen molar-refractivity contribution in [3.63, 3.8) is 0 Å². The molecule has 0 aliphatic carbocycles. The molecule has 0 saturated heterocycles. The van der Waals surface area contributed by atoms with Crippen molar-refractivity contribution in [2.24, 2.45) is 5.92 Å². The Labute approximate surface area is 108 Å². The third kappa shape index (κ3) is 4.88. The monoisotopic (exact) mass is 336 g/mol. The molecule has 1 N–H and O–H groups in total. The van der Waals surface area contributed by atoms with Crippen LogP contribution in [0.15, 0.2) is 24.3 Å². The number of carboxylic acids is 1. The molecule has 0 radical (unpaired) electrons. The van der Waals surface area contributed by atoms with Gasteiger partial charge in [0.1, 0.15) is 0 Å². The van der Waals surface area contributed by atoms with Crippen molar-refractivity contribution < 1.29 is 9.90 Å². The Morgan fingerprint density at radius 2 is 2.33 bits per heavy atom. The lowest BCUT2D eigenvalue weighted by atomic mass is 10.2. The second-order valence-electron chi connectivity index (χ2n) is 3.38. The van der Waals surface area contributed by atoms with Crippen molar-refractivity contribution in [2.45, 2.75) is 12.7 Å². The molecule has 0 saturated carbocycles. The average Bonchev–Trinajstić information content (AvgIpc) is 2.17. The summed E-state index contributed by atoms with van der Waals surface area (Å²) in [7, 11) is 0. The Morgan fingerprint density at radius 1 is 1.60 bits per heavy atom. The molecule has 1 rings (SSSR count). The van der Waals surface area contributed by atoms with Crippen molar-refractivity contribution in [1.82, 2.24) is 0 Å². The molecule has 15 heavy (non-hydrogen) atoms. The third-order valence-electron chi connectivity index (χ3n) is 1.95. The molecule has 0 fully saturated rings. The van der Waals surface area contributed by atoms with E-state index in [0.717, 1.165) is 5.75 Å². The average molecular weight is 336 g/mol. The summed E-state index contributed by atoms with van der Waals surface area (Å²) in [6, 6.07) is 8.27. The van der Waals surface area contributed by atoms with Crippen LogP contribution in [0.5, 0.6) is 0 Å². The van der Waals surface area contributed by atoms with Crippen LogP contribution in [0, 0.1) is 9.49 Å². The van der Waals surface area contributed by atoms with Gasteiger partial charge in [-0.15, -0.1) is 0 Å². The van der Waals surface area contributed by atoms with Crippen LogP contribution in [-0.2, 0) is 10.5 Å². The quantitative estimate of drug-likeness (QED) is 0.839. The minimum atomic E-state index is -0.717. The number of rotatable bonds is 5. The van der Waals surface area contributed by atoms with Crippen molar-refractivity contribution >= 4 is 40.3 Å². The van der Waals surface area contributed by atoms with Gasteiger partial charge in [-0.1, -0.05) is 19.1 Å². The van der Waals surface area contributed by atoms with Crippen LogP contribution in [0.1, 0.15) is 12.5 Å². The van der Waals surface area contributed by atoms with Gasteiger partial charge in [-0.2, -0.15) is 11.8 Å². The molecule has 0 amide bonds. The fourth-order valence-corrected chi connectivity index (χ4v) is 2.69. The van der Waals surface area contributed by atoms with Crippen LogP contribution in [0.25, 0.3) is 0 Å². The SMILES string of the molecule is CC(CSCc1cccc(I)c1)C(=O)O. The standard InChI is InChI=1S/C11H13IO2S/c1-8(11(13)14)6-15-7-9-3-2-4-10(12)5-9/h2-5,8H,6-7H2,1H3,(H,13,14). The van der Waals surface area contributed by atoms with Gasteiger partial charge in [0.2, 0.25) is 0 Å². The van der Waals surface area contributed by atoms with E-state index in [2.05, 4.69) is 40.8 Å². The van der Waals surface area contributed by atoms with Crippen LogP contribution in [0.4, 0.5) is 0 Å². The van der Waals surface area contributed by atoms with Crippen LogP contribution in [0.2, 0.25) is 0 Å². The zero-order valence-electron chi connectivity index (χ0n) is 8.44. The Morgan fingerprint density at radius 3 is 2.93 bits per heavy atom. The number of carboxylic acid groups (broad SMARTS) is 1. The Hall–Kier alpha value is -0.230. The molecule has 1 atom stereocenters. The Kier molecular flexibility index (Phi) is 5.45. The van der Waals surface area contributed by atoms with E-state index in [9.17, 15) is 4.79 Å². The molecular weight excluding hydrogens is 323 g/mol. The largest absolute Gasteiger partial charge is 0.481 e. The van der Waals surface area contributed by atoms with Gasteiger partial charge in [-0.05, 0) is 40.3 Å². The third-order valence-corrected chi connectivity index (χ3v) is 3.89. The lowest BCUT2D eigenvalue weighted by Gasteiger charge is -2.05. The maximum absolute atomic E-state index is 10.6. The predicted molar refractivity (Wildman–Crippen MR) is 72.1 cm³/mol. The van der Waals surface area contributed by atoms with Crippen molar-refractivity contribution in [1.29, 1.82) is 0 Å². The van der Waals surface area contributed by atoms with E-state index < -0.39 is 5.97 Å². The zero-order chi connectivity index (χ0) is 11.3. The molecule has 82 valence electrons. The summed E-state index contributed by atoms with van der Waals surface area (Å²) in [6.07, 6.45) is 0. The molecule has 0 bridgehead atoms. The number of aliphatic carboxylic acids is 1. The first kappa shape index (κ1) is 12.8.